The van der Waals surface area contributed by atoms with Gasteiger partial charge in [-0.15, -0.1) is 0 Å². The van der Waals surface area contributed by atoms with Crippen molar-refractivity contribution in [3.63, 3.8) is 0 Å². The highest BCUT2D eigenvalue weighted by molar-refractivity contribution is 7.89. The van der Waals surface area contributed by atoms with Gasteiger partial charge in [-0.1, -0.05) is 23.2 Å². The molecule has 7 heteroatoms. The summed E-state index contributed by atoms with van der Waals surface area (Å²) in [5.74, 6) is 3.35. The zero-order valence-electron chi connectivity index (χ0n) is 16.3. The zero-order valence-corrected chi connectivity index (χ0v) is 18.6. The number of sulfonamides is 1. The van der Waals surface area contributed by atoms with E-state index in [-0.39, 0.29) is 20.7 Å². The van der Waals surface area contributed by atoms with Crippen LogP contribution in [0.15, 0.2) is 23.1 Å². The van der Waals surface area contributed by atoms with Gasteiger partial charge < -0.3 is 0 Å². The Labute approximate surface area is 177 Å². The molecule has 0 amide bonds. The van der Waals surface area contributed by atoms with Gasteiger partial charge in [-0.25, -0.2) is 8.42 Å². The topological polar surface area (TPSA) is 63.2 Å². The summed E-state index contributed by atoms with van der Waals surface area (Å²) in [4.78, 5) is 13.1. The molecular weight excluding hydrogens is 417 g/mol. The van der Waals surface area contributed by atoms with E-state index in [1.807, 2.05) is 0 Å². The fraction of sp³-hybridized carbons (Fsp3) is 0.667. The van der Waals surface area contributed by atoms with Gasteiger partial charge in [0.1, 0.15) is 0 Å². The van der Waals surface area contributed by atoms with E-state index >= 15 is 0 Å². The van der Waals surface area contributed by atoms with Crippen molar-refractivity contribution in [1.29, 1.82) is 0 Å². The number of ketones is 1. The lowest BCUT2D eigenvalue weighted by Crippen LogP contribution is -2.52. The minimum absolute atomic E-state index is 0.0273. The third-order valence-electron chi connectivity index (χ3n) is 7.08. The maximum absolute atomic E-state index is 13.1. The molecule has 154 valence electrons. The second-order valence-corrected chi connectivity index (χ2v) is 12.1. The lowest BCUT2D eigenvalue weighted by molar-refractivity contribution is -0.128. The zero-order chi connectivity index (χ0) is 20.3. The Morgan fingerprint density at radius 3 is 2.00 bits per heavy atom. The number of rotatable bonds is 6. The standard InChI is InChI=1S/C21H27Cl2NO3S/c1-21(2,24-28(26,27)18-9-16(22)8-17(23)10-18)20(25)11-19-14-4-12-3-13(6-14)7-15(19)5-12/h8-10,12-15,19,24H,3-7,11H2,1-2H3. The Balaban J connectivity index is 1.47. The van der Waals surface area contributed by atoms with Gasteiger partial charge in [-0.05, 0) is 93.7 Å². The Morgan fingerprint density at radius 2 is 1.50 bits per heavy atom. The molecule has 4 aliphatic rings. The largest absolute Gasteiger partial charge is 0.298 e. The number of halogens is 2. The second-order valence-electron chi connectivity index (χ2n) is 9.56. The minimum atomic E-state index is -3.91. The molecule has 4 nitrogen and oxygen atoms in total. The quantitative estimate of drug-likeness (QED) is 0.666. The molecular formula is C21H27Cl2NO3S. The van der Waals surface area contributed by atoms with Crippen LogP contribution in [0, 0.1) is 29.6 Å². The van der Waals surface area contributed by atoms with Gasteiger partial charge in [0.25, 0.3) is 0 Å². The molecule has 0 heterocycles. The van der Waals surface area contributed by atoms with Crippen LogP contribution in [0.25, 0.3) is 0 Å². The van der Waals surface area contributed by atoms with E-state index in [0.29, 0.717) is 24.2 Å². The number of hydrogen-bond acceptors (Lipinski definition) is 3. The summed E-state index contributed by atoms with van der Waals surface area (Å²) >= 11 is 11.9. The molecule has 1 N–H and O–H groups in total. The molecule has 4 fully saturated rings. The van der Waals surface area contributed by atoms with E-state index in [1.165, 1.54) is 50.3 Å². The van der Waals surface area contributed by atoms with Gasteiger partial charge in [0.2, 0.25) is 10.0 Å². The molecule has 4 saturated carbocycles. The van der Waals surface area contributed by atoms with Gasteiger partial charge in [0, 0.05) is 16.5 Å². The average Bonchev–Trinajstić information content (AvgIpc) is 2.55. The number of carbonyl (C=O) groups is 1. The molecule has 0 aliphatic heterocycles. The summed E-state index contributed by atoms with van der Waals surface area (Å²) in [6.07, 6.45) is 6.83. The third kappa shape index (κ3) is 4.00. The fourth-order valence-corrected chi connectivity index (χ4v) is 8.10. The monoisotopic (exact) mass is 443 g/mol. The van der Waals surface area contributed by atoms with Crippen LogP contribution >= 0.6 is 23.2 Å². The first-order valence-corrected chi connectivity index (χ1v) is 12.3. The minimum Gasteiger partial charge on any atom is -0.298 e. The molecule has 0 saturated heterocycles. The molecule has 0 atom stereocenters. The number of benzene rings is 1. The summed E-state index contributed by atoms with van der Waals surface area (Å²) in [5.41, 5.74) is -1.18. The Bertz CT molecular complexity index is 849. The van der Waals surface area contributed by atoms with Gasteiger partial charge in [0.15, 0.2) is 5.78 Å². The molecule has 5 rings (SSSR count). The van der Waals surface area contributed by atoms with E-state index in [4.69, 9.17) is 23.2 Å². The fourth-order valence-electron chi connectivity index (χ4n) is 5.98. The van der Waals surface area contributed by atoms with E-state index in [2.05, 4.69) is 4.72 Å². The Kier molecular flexibility index (Phi) is 5.35. The first-order chi connectivity index (χ1) is 13.0. The molecule has 1 aromatic rings. The van der Waals surface area contributed by atoms with Gasteiger partial charge >= 0.3 is 0 Å². The Hall–Kier alpha value is -0.620. The molecule has 0 radical (unpaired) electrons. The van der Waals surface area contributed by atoms with Crippen molar-refractivity contribution in [3.8, 4) is 0 Å². The van der Waals surface area contributed by atoms with Gasteiger partial charge in [-0.3, -0.25) is 4.79 Å². The number of nitrogens with one attached hydrogen (secondary N) is 1. The SMILES string of the molecule is CC(C)(NS(=O)(=O)c1cc(Cl)cc(Cl)c1)C(=O)CC1C2CC3CC(C2)CC1C3. The van der Waals surface area contributed by atoms with Crippen LogP contribution in [0.2, 0.25) is 10.0 Å². The number of hydrogen-bond donors (Lipinski definition) is 1. The lowest BCUT2D eigenvalue weighted by Gasteiger charge is -2.54. The van der Waals surface area contributed by atoms with Crippen molar-refractivity contribution in [2.45, 2.75) is 62.8 Å². The summed E-state index contributed by atoms with van der Waals surface area (Å²) in [6, 6.07) is 4.16. The first-order valence-electron chi connectivity index (χ1n) is 10.1. The number of carbonyl (C=O) groups excluding carboxylic acids is 1. The van der Waals surface area contributed by atoms with E-state index in [9.17, 15) is 13.2 Å². The van der Waals surface area contributed by atoms with Crippen LogP contribution < -0.4 is 4.72 Å². The van der Waals surface area contributed by atoms with Crippen LogP contribution in [0.4, 0.5) is 0 Å². The van der Waals surface area contributed by atoms with Crippen molar-refractivity contribution in [3.05, 3.63) is 28.2 Å². The summed E-state index contributed by atoms with van der Waals surface area (Å²) in [7, 11) is -3.91. The molecule has 1 aromatic carbocycles. The highest BCUT2D eigenvalue weighted by atomic mass is 35.5. The summed E-state index contributed by atoms with van der Waals surface area (Å²) in [6.45, 7) is 3.30. The summed E-state index contributed by atoms with van der Waals surface area (Å²) < 4.78 is 28.2. The van der Waals surface area contributed by atoms with Crippen LogP contribution in [-0.2, 0) is 14.8 Å². The summed E-state index contributed by atoms with van der Waals surface area (Å²) in [5, 5.41) is 0.483. The molecule has 4 bridgehead atoms. The van der Waals surface area contributed by atoms with Crippen molar-refractivity contribution in [2.75, 3.05) is 0 Å². The maximum Gasteiger partial charge on any atom is 0.241 e. The molecule has 0 aromatic heterocycles. The van der Waals surface area contributed by atoms with Crippen molar-refractivity contribution >= 4 is 39.0 Å². The second kappa shape index (κ2) is 7.26. The normalized spacial score (nSPS) is 31.9. The predicted molar refractivity (Wildman–Crippen MR) is 111 cm³/mol. The van der Waals surface area contributed by atoms with Crippen LogP contribution in [0.1, 0.15) is 52.4 Å². The molecule has 4 aliphatic carbocycles. The van der Waals surface area contributed by atoms with E-state index in [1.54, 1.807) is 13.8 Å². The lowest BCUT2D eigenvalue weighted by atomic mass is 9.51. The smallest absolute Gasteiger partial charge is 0.241 e. The van der Waals surface area contributed by atoms with E-state index in [0.717, 1.165) is 11.8 Å². The van der Waals surface area contributed by atoms with Crippen molar-refractivity contribution in [1.82, 2.24) is 4.72 Å². The highest BCUT2D eigenvalue weighted by Gasteiger charge is 2.49. The van der Waals surface area contributed by atoms with Gasteiger partial charge in [0.05, 0.1) is 10.4 Å². The van der Waals surface area contributed by atoms with Gasteiger partial charge in [-0.2, -0.15) is 4.72 Å². The number of Topliss-reactive ketones (excluding diaryl/α,β-unsaturated/α-hetero) is 1. The van der Waals surface area contributed by atoms with Crippen molar-refractivity contribution in [2.24, 2.45) is 29.6 Å². The average molecular weight is 444 g/mol. The maximum atomic E-state index is 13.1. The molecule has 0 unspecified atom stereocenters. The molecule has 28 heavy (non-hydrogen) atoms. The first kappa shape index (κ1) is 20.6. The van der Waals surface area contributed by atoms with Crippen molar-refractivity contribution < 1.29 is 13.2 Å². The van der Waals surface area contributed by atoms with Crippen LogP contribution in [0.5, 0.6) is 0 Å². The van der Waals surface area contributed by atoms with Crippen LogP contribution in [0.3, 0.4) is 0 Å². The van der Waals surface area contributed by atoms with E-state index < -0.39 is 15.6 Å². The third-order valence-corrected chi connectivity index (χ3v) is 9.15. The highest BCUT2D eigenvalue weighted by Crippen LogP contribution is 2.57. The molecule has 0 spiro atoms. The van der Waals surface area contributed by atoms with Crippen LogP contribution in [-0.4, -0.2) is 19.7 Å². The Morgan fingerprint density at radius 1 is 1.00 bits per heavy atom. The predicted octanol–water partition coefficient (Wildman–Crippen LogP) is 5.08.